The minimum Gasteiger partial charge on any atom is -0.372 e. The highest BCUT2D eigenvalue weighted by atomic mass is 35.5. The number of hydrogen-bond donors (Lipinski definition) is 1. The van der Waals surface area contributed by atoms with Gasteiger partial charge >= 0.3 is 0 Å². The van der Waals surface area contributed by atoms with Crippen LogP contribution in [-0.2, 0) is 12.8 Å². The number of rotatable bonds is 5. The Kier molecular flexibility index (Phi) is 5.56. The van der Waals surface area contributed by atoms with Crippen LogP contribution < -0.4 is 10.5 Å². The number of H-pyrrole nitrogens is 1. The lowest BCUT2D eigenvalue weighted by Gasteiger charge is -2.20. The summed E-state index contributed by atoms with van der Waals surface area (Å²) >= 11 is 8.16. The van der Waals surface area contributed by atoms with Crippen LogP contribution >= 0.6 is 22.9 Å². The monoisotopic (exact) mass is 413 g/mol. The van der Waals surface area contributed by atoms with Crippen molar-refractivity contribution in [2.75, 3.05) is 18.0 Å². The van der Waals surface area contributed by atoms with Crippen molar-refractivity contribution in [1.29, 1.82) is 0 Å². The Morgan fingerprint density at radius 3 is 2.64 bits per heavy atom. The molecule has 2 aromatic heterocycles. The van der Waals surface area contributed by atoms with Gasteiger partial charge in [0.1, 0.15) is 4.83 Å². The van der Waals surface area contributed by atoms with E-state index in [-0.39, 0.29) is 5.56 Å². The van der Waals surface area contributed by atoms with E-state index >= 15 is 0 Å². The van der Waals surface area contributed by atoms with Crippen LogP contribution in [0.3, 0.4) is 0 Å². The summed E-state index contributed by atoms with van der Waals surface area (Å²) in [4.78, 5) is 24.6. The van der Waals surface area contributed by atoms with E-state index in [0.717, 1.165) is 48.1 Å². The highest BCUT2D eigenvalue weighted by Crippen LogP contribution is 2.34. The molecule has 1 aliphatic carbocycles. The summed E-state index contributed by atoms with van der Waals surface area (Å²) in [6.45, 7) is 6.24. The standard InChI is InChI=1S/C22H24ClN3OS/c1-3-26(4-2)15-11-9-14(10-12-15)13-17(23)20-24-21(27)19-16-7-5-6-8-18(16)28-22(19)25-20/h9-13H,3-8H2,1-2H3,(H,24,25,27)/b17-13-. The first kappa shape index (κ1) is 19.2. The van der Waals surface area contributed by atoms with Crippen molar-refractivity contribution in [2.24, 2.45) is 0 Å². The third-order valence-electron chi connectivity index (χ3n) is 5.37. The molecule has 1 aliphatic rings. The maximum atomic E-state index is 12.7. The molecule has 0 saturated heterocycles. The molecular weight excluding hydrogens is 390 g/mol. The average Bonchev–Trinajstić information content (AvgIpc) is 3.09. The van der Waals surface area contributed by atoms with Crippen LogP contribution in [0.5, 0.6) is 0 Å². The van der Waals surface area contributed by atoms with Gasteiger partial charge < -0.3 is 9.88 Å². The largest absolute Gasteiger partial charge is 0.372 e. The molecule has 0 amide bonds. The van der Waals surface area contributed by atoms with Crippen LogP contribution in [0.15, 0.2) is 29.1 Å². The highest BCUT2D eigenvalue weighted by molar-refractivity contribution is 7.18. The van der Waals surface area contributed by atoms with Gasteiger partial charge in [0, 0.05) is 23.7 Å². The molecule has 0 saturated carbocycles. The Bertz CT molecular complexity index is 1080. The van der Waals surface area contributed by atoms with E-state index in [4.69, 9.17) is 11.6 Å². The lowest BCUT2D eigenvalue weighted by molar-refractivity contribution is 0.700. The molecule has 0 atom stereocenters. The molecule has 0 spiro atoms. The number of fused-ring (bicyclic) bond motifs is 3. The Balaban J connectivity index is 1.66. The van der Waals surface area contributed by atoms with E-state index in [2.05, 4.69) is 40.8 Å². The molecule has 146 valence electrons. The minimum absolute atomic E-state index is 0.0807. The summed E-state index contributed by atoms with van der Waals surface area (Å²) < 4.78 is 0. The molecule has 0 aliphatic heterocycles. The van der Waals surface area contributed by atoms with Crippen LogP contribution in [0.25, 0.3) is 21.3 Å². The Morgan fingerprint density at radius 1 is 1.21 bits per heavy atom. The zero-order chi connectivity index (χ0) is 19.7. The molecule has 3 aromatic rings. The van der Waals surface area contributed by atoms with E-state index in [1.165, 1.54) is 22.5 Å². The van der Waals surface area contributed by atoms with Crippen LogP contribution in [-0.4, -0.2) is 23.1 Å². The SMILES string of the molecule is CCN(CC)c1ccc(/C=C(\Cl)c2nc3sc4c(c3c(=O)[nH]2)CCCC4)cc1. The molecule has 28 heavy (non-hydrogen) atoms. The number of hydrogen-bond acceptors (Lipinski definition) is 4. The molecule has 6 heteroatoms. The molecule has 4 rings (SSSR count). The van der Waals surface area contributed by atoms with Crippen molar-refractivity contribution in [3.63, 3.8) is 0 Å². The van der Waals surface area contributed by atoms with E-state index in [0.29, 0.717) is 10.9 Å². The minimum atomic E-state index is -0.0807. The van der Waals surface area contributed by atoms with Gasteiger partial charge in [0.15, 0.2) is 5.82 Å². The number of benzene rings is 1. The van der Waals surface area contributed by atoms with Crippen molar-refractivity contribution < 1.29 is 0 Å². The quantitative estimate of drug-likeness (QED) is 0.605. The van der Waals surface area contributed by atoms with Gasteiger partial charge in [0.05, 0.1) is 10.4 Å². The van der Waals surface area contributed by atoms with Crippen LogP contribution in [0.4, 0.5) is 5.69 Å². The first-order chi connectivity index (χ1) is 13.6. The predicted octanol–water partition coefficient (Wildman–Crippen LogP) is 5.45. The molecule has 0 unspecified atom stereocenters. The van der Waals surface area contributed by atoms with Crippen molar-refractivity contribution in [3.05, 3.63) is 56.4 Å². The number of aryl methyl sites for hydroxylation is 2. The highest BCUT2D eigenvalue weighted by Gasteiger charge is 2.20. The van der Waals surface area contributed by atoms with Gasteiger partial charge in [-0.1, -0.05) is 23.7 Å². The lowest BCUT2D eigenvalue weighted by atomic mass is 9.97. The summed E-state index contributed by atoms with van der Waals surface area (Å²) in [5, 5.41) is 1.21. The summed E-state index contributed by atoms with van der Waals surface area (Å²) in [6.07, 6.45) is 6.21. The molecule has 0 bridgehead atoms. The van der Waals surface area contributed by atoms with E-state index < -0.39 is 0 Å². The number of anilines is 1. The fourth-order valence-corrected chi connectivity index (χ4v) is 5.34. The summed E-state index contributed by atoms with van der Waals surface area (Å²) in [5.41, 5.74) is 3.28. The summed E-state index contributed by atoms with van der Waals surface area (Å²) in [5.74, 6) is 0.436. The number of aromatic nitrogens is 2. The second kappa shape index (κ2) is 8.10. The fourth-order valence-electron chi connectivity index (χ4n) is 3.86. The summed E-state index contributed by atoms with van der Waals surface area (Å²) in [6, 6.07) is 8.26. The fraction of sp³-hybridized carbons (Fsp3) is 0.364. The van der Waals surface area contributed by atoms with E-state index in [1.54, 1.807) is 11.3 Å². The molecule has 0 fully saturated rings. The zero-order valence-corrected chi connectivity index (χ0v) is 17.8. The number of halogens is 1. The maximum Gasteiger partial charge on any atom is 0.260 e. The lowest BCUT2D eigenvalue weighted by Crippen LogP contribution is -2.21. The Morgan fingerprint density at radius 2 is 1.93 bits per heavy atom. The third-order valence-corrected chi connectivity index (χ3v) is 6.84. The number of nitrogens with zero attached hydrogens (tertiary/aromatic N) is 2. The smallest absolute Gasteiger partial charge is 0.260 e. The van der Waals surface area contributed by atoms with Gasteiger partial charge in [-0.2, -0.15) is 0 Å². The number of aromatic amines is 1. The van der Waals surface area contributed by atoms with Crippen molar-refractivity contribution in [1.82, 2.24) is 9.97 Å². The predicted molar refractivity (Wildman–Crippen MR) is 121 cm³/mol. The van der Waals surface area contributed by atoms with Gasteiger partial charge in [-0.25, -0.2) is 4.98 Å². The van der Waals surface area contributed by atoms with Crippen molar-refractivity contribution in [2.45, 2.75) is 39.5 Å². The topological polar surface area (TPSA) is 49.0 Å². The van der Waals surface area contributed by atoms with Gasteiger partial charge in [-0.3, -0.25) is 4.79 Å². The Labute approximate surface area is 173 Å². The molecule has 1 N–H and O–H groups in total. The number of thiophene rings is 1. The van der Waals surface area contributed by atoms with Gasteiger partial charge in [-0.05, 0) is 68.9 Å². The van der Waals surface area contributed by atoms with E-state index in [1.807, 2.05) is 18.2 Å². The maximum absolute atomic E-state index is 12.7. The first-order valence-electron chi connectivity index (χ1n) is 9.87. The first-order valence-corrected chi connectivity index (χ1v) is 11.1. The second-order valence-electron chi connectivity index (χ2n) is 7.06. The second-order valence-corrected chi connectivity index (χ2v) is 8.55. The van der Waals surface area contributed by atoms with Gasteiger partial charge in [0.2, 0.25) is 0 Å². The van der Waals surface area contributed by atoms with Crippen LogP contribution in [0.1, 0.15) is 48.5 Å². The molecular formula is C22H24ClN3OS. The van der Waals surface area contributed by atoms with Gasteiger partial charge in [-0.15, -0.1) is 11.3 Å². The van der Waals surface area contributed by atoms with E-state index in [9.17, 15) is 4.79 Å². The molecule has 0 radical (unpaired) electrons. The molecule has 1 aromatic carbocycles. The van der Waals surface area contributed by atoms with Crippen molar-refractivity contribution in [3.8, 4) is 0 Å². The zero-order valence-electron chi connectivity index (χ0n) is 16.2. The molecule has 2 heterocycles. The summed E-state index contributed by atoms with van der Waals surface area (Å²) in [7, 11) is 0. The third kappa shape index (κ3) is 3.61. The number of nitrogens with one attached hydrogen (secondary N) is 1. The van der Waals surface area contributed by atoms with Crippen LogP contribution in [0, 0.1) is 0 Å². The average molecular weight is 414 g/mol. The van der Waals surface area contributed by atoms with Gasteiger partial charge in [0.25, 0.3) is 5.56 Å². The molecule has 4 nitrogen and oxygen atoms in total. The normalized spacial score (nSPS) is 14.3. The van der Waals surface area contributed by atoms with Crippen LogP contribution in [0.2, 0.25) is 0 Å². The van der Waals surface area contributed by atoms with Crippen molar-refractivity contribution >= 4 is 50.0 Å². The Hall–Kier alpha value is -2.11.